The lowest BCUT2D eigenvalue weighted by atomic mass is 10.2. The number of nitrogens with one attached hydrogen (secondary N) is 1. The van der Waals surface area contributed by atoms with Crippen LogP contribution in [0.25, 0.3) is 0 Å². The van der Waals surface area contributed by atoms with E-state index in [9.17, 15) is 14.4 Å². The summed E-state index contributed by atoms with van der Waals surface area (Å²) in [6.07, 6.45) is 9.99. The number of aromatic nitrogens is 1. The number of unbranched alkanes of at least 4 members (excludes halogenated alkanes) is 3. The van der Waals surface area contributed by atoms with Gasteiger partial charge in [0.05, 0.1) is 5.56 Å². The third-order valence-corrected chi connectivity index (χ3v) is 3.32. The summed E-state index contributed by atoms with van der Waals surface area (Å²) in [4.78, 5) is 38.9. The van der Waals surface area contributed by atoms with E-state index in [4.69, 9.17) is 0 Å². The van der Waals surface area contributed by atoms with Crippen LogP contribution >= 0.6 is 0 Å². The highest BCUT2D eigenvalue weighted by Crippen LogP contribution is 2.02. The first kappa shape index (κ1) is 18.5. The zero-order valence-corrected chi connectivity index (χ0v) is 13.4. The molecule has 1 aromatic rings. The van der Waals surface area contributed by atoms with Crippen LogP contribution in [-0.2, 0) is 9.59 Å². The SMILES string of the molecule is CN(CCCCCCNC(=O)c1cccnc1)C(=O)/C=C\C=O. The molecule has 0 aliphatic rings. The lowest BCUT2D eigenvalue weighted by Gasteiger charge is -2.14. The lowest BCUT2D eigenvalue weighted by molar-refractivity contribution is -0.125. The van der Waals surface area contributed by atoms with Crippen molar-refractivity contribution < 1.29 is 14.4 Å². The molecular formula is C17H23N3O3. The largest absolute Gasteiger partial charge is 0.352 e. The van der Waals surface area contributed by atoms with Gasteiger partial charge in [-0.3, -0.25) is 19.4 Å². The molecule has 1 aromatic heterocycles. The standard InChI is InChI=1S/C17H23N3O3/c1-20(16(22)9-7-13-21)12-5-3-2-4-11-19-17(23)15-8-6-10-18-14-15/h6-10,13-14H,2-5,11-12H2,1H3,(H,19,23)/b9-7-. The Bertz CT molecular complexity index is 529. The molecule has 1 N–H and O–H groups in total. The quantitative estimate of drug-likeness (QED) is 0.404. The number of allylic oxidation sites excluding steroid dienone is 1. The van der Waals surface area contributed by atoms with Crippen molar-refractivity contribution in [3.63, 3.8) is 0 Å². The van der Waals surface area contributed by atoms with Crippen LogP contribution in [0.15, 0.2) is 36.7 Å². The fraction of sp³-hybridized carbons (Fsp3) is 0.412. The molecule has 0 aromatic carbocycles. The van der Waals surface area contributed by atoms with Crippen molar-refractivity contribution in [3.8, 4) is 0 Å². The highest BCUT2D eigenvalue weighted by molar-refractivity contribution is 5.93. The minimum atomic E-state index is -0.166. The zero-order valence-electron chi connectivity index (χ0n) is 13.4. The number of aldehydes is 1. The number of nitrogens with zero attached hydrogens (tertiary/aromatic N) is 2. The molecule has 0 aliphatic heterocycles. The van der Waals surface area contributed by atoms with Crippen LogP contribution in [-0.4, -0.2) is 48.1 Å². The molecule has 6 nitrogen and oxygen atoms in total. The van der Waals surface area contributed by atoms with Gasteiger partial charge in [-0.15, -0.1) is 0 Å². The number of amides is 2. The Balaban J connectivity index is 2.05. The van der Waals surface area contributed by atoms with Crippen LogP contribution in [0.2, 0.25) is 0 Å². The maximum absolute atomic E-state index is 11.8. The van der Waals surface area contributed by atoms with E-state index in [2.05, 4.69) is 10.3 Å². The molecular weight excluding hydrogens is 294 g/mol. The minimum Gasteiger partial charge on any atom is -0.352 e. The molecule has 2 amide bonds. The number of hydrogen-bond donors (Lipinski definition) is 1. The maximum Gasteiger partial charge on any atom is 0.252 e. The summed E-state index contributed by atoms with van der Waals surface area (Å²) in [5.41, 5.74) is 0.566. The second-order valence-electron chi connectivity index (χ2n) is 5.17. The number of carbonyl (C=O) groups is 3. The van der Waals surface area contributed by atoms with Gasteiger partial charge in [0.2, 0.25) is 5.91 Å². The molecule has 1 rings (SSSR count). The fourth-order valence-corrected chi connectivity index (χ4v) is 1.99. The van der Waals surface area contributed by atoms with Gasteiger partial charge in [-0.25, -0.2) is 0 Å². The molecule has 0 spiro atoms. The highest BCUT2D eigenvalue weighted by Gasteiger charge is 2.05. The average Bonchev–Trinajstić information content (AvgIpc) is 2.59. The van der Waals surface area contributed by atoms with Crippen molar-refractivity contribution in [2.24, 2.45) is 0 Å². The van der Waals surface area contributed by atoms with E-state index in [1.165, 1.54) is 12.2 Å². The van der Waals surface area contributed by atoms with E-state index in [1.54, 1.807) is 36.5 Å². The van der Waals surface area contributed by atoms with Crippen molar-refractivity contribution in [2.75, 3.05) is 20.1 Å². The third kappa shape index (κ3) is 7.90. The van der Waals surface area contributed by atoms with Crippen LogP contribution < -0.4 is 5.32 Å². The lowest BCUT2D eigenvalue weighted by Crippen LogP contribution is -2.26. The predicted molar refractivity (Wildman–Crippen MR) is 87.9 cm³/mol. The maximum atomic E-state index is 11.8. The monoisotopic (exact) mass is 317 g/mol. The predicted octanol–water partition coefficient (Wildman–Crippen LogP) is 1.59. The normalized spacial score (nSPS) is 10.5. The molecule has 0 saturated carbocycles. The minimum absolute atomic E-state index is 0.106. The topological polar surface area (TPSA) is 79.4 Å². The van der Waals surface area contributed by atoms with Crippen LogP contribution in [0.3, 0.4) is 0 Å². The first-order valence-corrected chi connectivity index (χ1v) is 7.70. The van der Waals surface area contributed by atoms with Crippen LogP contribution in [0.1, 0.15) is 36.0 Å². The Morgan fingerprint density at radius 1 is 1.26 bits per heavy atom. The second-order valence-corrected chi connectivity index (χ2v) is 5.17. The van der Waals surface area contributed by atoms with Gasteiger partial charge in [-0.1, -0.05) is 12.8 Å². The summed E-state index contributed by atoms with van der Waals surface area (Å²) in [5.74, 6) is -0.272. The summed E-state index contributed by atoms with van der Waals surface area (Å²) in [6, 6.07) is 3.46. The molecule has 0 saturated heterocycles. The Labute approximate surface area is 136 Å². The van der Waals surface area contributed by atoms with Crippen LogP contribution in [0.5, 0.6) is 0 Å². The summed E-state index contributed by atoms with van der Waals surface area (Å²) in [6.45, 7) is 1.29. The van der Waals surface area contributed by atoms with Crippen LogP contribution in [0.4, 0.5) is 0 Å². The Morgan fingerprint density at radius 2 is 2.04 bits per heavy atom. The summed E-state index contributed by atoms with van der Waals surface area (Å²) < 4.78 is 0. The summed E-state index contributed by atoms with van der Waals surface area (Å²) >= 11 is 0. The van der Waals surface area contributed by atoms with Gasteiger partial charge in [0.1, 0.15) is 6.29 Å². The second kappa shape index (κ2) is 11.1. The molecule has 0 unspecified atom stereocenters. The van der Waals surface area contributed by atoms with Crippen molar-refractivity contribution in [2.45, 2.75) is 25.7 Å². The van der Waals surface area contributed by atoms with Crippen molar-refractivity contribution >= 4 is 18.1 Å². The van der Waals surface area contributed by atoms with Gasteiger partial charge in [-0.2, -0.15) is 0 Å². The van der Waals surface area contributed by atoms with Gasteiger partial charge in [0.25, 0.3) is 5.91 Å². The fourth-order valence-electron chi connectivity index (χ4n) is 1.99. The Hall–Kier alpha value is -2.50. The Kier molecular flexibility index (Phi) is 8.97. The summed E-state index contributed by atoms with van der Waals surface area (Å²) in [5, 5.41) is 2.85. The number of carbonyl (C=O) groups excluding carboxylic acids is 3. The van der Waals surface area contributed by atoms with Crippen molar-refractivity contribution in [1.29, 1.82) is 0 Å². The molecule has 0 radical (unpaired) electrons. The number of rotatable bonds is 10. The number of pyridine rings is 1. The van der Waals surface area contributed by atoms with Gasteiger partial charge in [0, 0.05) is 38.6 Å². The smallest absolute Gasteiger partial charge is 0.252 e. The molecule has 124 valence electrons. The van der Waals surface area contributed by atoms with Gasteiger partial charge >= 0.3 is 0 Å². The van der Waals surface area contributed by atoms with E-state index >= 15 is 0 Å². The molecule has 0 aliphatic carbocycles. The molecule has 23 heavy (non-hydrogen) atoms. The van der Waals surface area contributed by atoms with E-state index in [1.807, 2.05) is 0 Å². The average molecular weight is 317 g/mol. The van der Waals surface area contributed by atoms with Crippen molar-refractivity contribution in [3.05, 3.63) is 42.2 Å². The van der Waals surface area contributed by atoms with Crippen molar-refractivity contribution in [1.82, 2.24) is 15.2 Å². The van der Waals surface area contributed by atoms with Crippen LogP contribution in [0, 0.1) is 0 Å². The van der Waals surface area contributed by atoms with E-state index in [0.717, 1.165) is 25.7 Å². The zero-order chi connectivity index (χ0) is 16.9. The van der Waals surface area contributed by atoms with E-state index in [0.29, 0.717) is 24.9 Å². The molecule has 6 heteroatoms. The third-order valence-electron chi connectivity index (χ3n) is 3.32. The van der Waals surface area contributed by atoms with Gasteiger partial charge in [0.15, 0.2) is 0 Å². The van der Waals surface area contributed by atoms with E-state index < -0.39 is 0 Å². The van der Waals surface area contributed by atoms with Gasteiger partial charge in [-0.05, 0) is 31.1 Å². The highest BCUT2D eigenvalue weighted by atomic mass is 16.2. The number of hydrogen-bond acceptors (Lipinski definition) is 4. The first-order chi connectivity index (χ1) is 11.1. The molecule has 1 heterocycles. The Morgan fingerprint density at radius 3 is 2.74 bits per heavy atom. The number of likely N-dealkylation sites (N-methyl/N-ethyl adjacent to an activating group) is 1. The summed E-state index contributed by atoms with van der Waals surface area (Å²) in [7, 11) is 1.71. The molecule has 0 bridgehead atoms. The molecule has 0 atom stereocenters. The first-order valence-electron chi connectivity index (χ1n) is 7.70. The van der Waals surface area contributed by atoms with Gasteiger partial charge < -0.3 is 10.2 Å². The van der Waals surface area contributed by atoms with E-state index in [-0.39, 0.29) is 11.8 Å². The molecule has 0 fully saturated rings.